The van der Waals surface area contributed by atoms with Crippen molar-refractivity contribution in [3.63, 3.8) is 0 Å². The van der Waals surface area contributed by atoms with E-state index in [4.69, 9.17) is 5.73 Å². The predicted octanol–water partition coefficient (Wildman–Crippen LogP) is 4.19. The number of primary amides is 1. The average Bonchev–Trinajstić information content (AvgIpc) is 3.47. The van der Waals surface area contributed by atoms with E-state index in [0.29, 0.717) is 18.2 Å². The Labute approximate surface area is 184 Å². The Kier molecular flexibility index (Phi) is 3.99. The number of hydrogen-bond acceptors (Lipinski definition) is 3. The summed E-state index contributed by atoms with van der Waals surface area (Å²) in [5, 5.41) is 7.86. The lowest BCUT2D eigenvalue weighted by Gasteiger charge is -2.15. The van der Waals surface area contributed by atoms with E-state index in [2.05, 4.69) is 52.8 Å². The van der Waals surface area contributed by atoms with E-state index in [1.54, 1.807) is 4.90 Å². The molecule has 0 atom stereocenters. The van der Waals surface area contributed by atoms with Gasteiger partial charge in [0.2, 0.25) is 5.91 Å². The van der Waals surface area contributed by atoms with Gasteiger partial charge in [0.1, 0.15) is 0 Å². The van der Waals surface area contributed by atoms with Gasteiger partial charge in [0, 0.05) is 23.1 Å². The third kappa shape index (κ3) is 2.91. The van der Waals surface area contributed by atoms with Crippen LogP contribution in [0.5, 0.6) is 0 Å². The van der Waals surface area contributed by atoms with E-state index in [1.165, 1.54) is 12.8 Å². The van der Waals surface area contributed by atoms with Gasteiger partial charge in [0.05, 0.1) is 24.3 Å². The van der Waals surface area contributed by atoms with Gasteiger partial charge in [-0.25, -0.2) is 0 Å². The maximum absolute atomic E-state index is 12.9. The van der Waals surface area contributed by atoms with E-state index in [1.807, 2.05) is 18.3 Å². The molecular formula is C26H22N4O2. The molecule has 6 rings (SSSR count). The van der Waals surface area contributed by atoms with Crippen LogP contribution in [-0.4, -0.2) is 33.0 Å². The maximum atomic E-state index is 12.9. The van der Waals surface area contributed by atoms with Crippen molar-refractivity contribution in [2.24, 2.45) is 5.73 Å². The molecule has 1 aliphatic carbocycles. The second-order valence-corrected chi connectivity index (χ2v) is 8.75. The zero-order valence-electron chi connectivity index (χ0n) is 17.5. The quantitative estimate of drug-likeness (QED) is 0.490. The van der Waals surface area contributed by atoms with Crippen LogP contribution in [0.15, 0.2) is 66.9 Å². The maximum Gasteiger partial charge on any atom is 0.254 e. The van der Waals surface area contributed by atoms with Crippen LogP contribution in [0.1, 0.15) is 34.8 Å². The SMILES string of the molecule is C=C(CN1Cc2c(ccc3ccc(-c4ccc5cnn(C6CC6)c5c4)cc23)C1=O)C(N)=O. The van der Waals surface area contributed by atoms with Crippen molar-refractivity contribution < 1.29 is 9.59 Å². The van der Waals surface area contributed by atoms with E-state index in [9.17, 15) is 9.59 Å². The van der Waals surface area contributed by atoms with Gasteiger partial charge in [-0.1, -0.05) is 36.9 Å². The summed E-state index contributed by atoms with van der Waals surface area (Å²) < 4.78 is 2.14. The Morgan fingerprint density at radius 3 is 2.53 bits per heavy atom. The molecule has 6 heteroatoms. The minimum absolute atomic E-state index is 0.0931. The fraction of sp³-hybridized carbons (Fsp3) is 0.192. The monoisotopic (exact) mass is 422 g/mol. The van der Waals surface area contributed by atoms with Gasteiger partial charge < -0.3 is 10.6 Å². The molecule has 1 aromatic heterocycles. The molecule has 2 heterocycles. The molecule has 0 radical (unpaired) electrons. The lowest BCUT2D eigenvalue weighted by molar-refractivity contribution is -0.114. The summed E-state index contributed by atoms with van der Waals surface area (Å²) in [5.74, 6) is -0.675. The molecule has 4 aromatic rings. The molecule has 0 bridgehead atoms. The molecule has 0 unspecified atom stereocenters. The zero-order chi connectivity index (χ0) is 22.0. The topological polar surface area (TPSA) is 81.2 Å². The van der Waals surface area contributed by atoms with Crippen molar-refractivity contribution in [3.05, 3.63) is 78.0 Å². The molecule has 1 aliphatic heterocycles. The Morgan fingerprint density at radius 2 is 1.78 bits per heavy atom. The Balaban J connectivity index is 1.42. The number of nitrogens with zero attached hydrogens (tertiary/aromatic N) is 3. The highest BCUT2D eigenvalue weighted by atomic mass is 16.2. The second-order valence-electron chi connectivity index (χ2n) is 8.75. The van der Waals surface area contributed by atoms with E-state index in [0.717, 1.165) is 38.4 Å². The summed E-state index contributed by atoms with van der Waals surface area (Å²) >= 11 is 0. The summed E-state index contributed by atoms with van der Waals surface area (Å²) in [6.45, 7) is 4.28. The first kappa shape index (κ1) is 18.8. The molecule has 1 fully saturated rings. The van der Waals surface area contributed by atoms with Crippen molar-refractivity contribution in [2.75, 3.05) is 6.54 Å². The summed E-state index contributed by atoms with van der Waals surface area (Å²) in [6, 6.07) is 17.2. The highest BCUT2D eigenvalue weighted by Gasteiger charge is 2.30. The number of carbonyl (C=O) groups excluding carboxylic acids is 2. The first-order valence-corrected chi connectivity index (χ1v) is 10.8. The number of rotatable bonds is 5. The molecule has 158 valence electrons. The molecule has 2 aliphatic rings. The normalized spacial score (nSPS) is 15.5. The second kappa shape index (κ2) is 6.79. The number of amides is 2. The van der Waals surface area contributed by atoms with Crippen LogP contribution >= 0.6 is 0 Å². The summed E-state index contributed by atoms with van der Waals surface area (Å²) in [4.78, 5) is 25.9. The van der Waals surface area contributed by atoms with Crippen LogP contribution in [0.2, 0.25) is 0 Å². The van der Waals surface area contributed by atoms with Crippen LogP contribution < -0.4 is 5.73 Å². The van der Waals surface area contributed by atoms with Crippen molar-refractivity contribution in [1.29, 1.82) is 0 Å². The number of benzene rings is 3. The lowest BCUT2D eigenvalue weighted by atomic mass is 9.96. The van der Waals surface area contributed by atoms with Gasteiger partial charge in [-0.2, -0.15) is 5.10 Å². The third-order valence-electron chi connectivity index (χ3n) is 6.55. The minimum atomic E-state index is -0.582. The van der Waals surface area contributed by atoms with E-state index in [-0.39, 0.29) is 18.0 Å². The lowest BCUT2D eigenvalue weighted by Crippen LogP contribution is -2.30. The van der Waals surface area contributed by atoms with Gasteiger partial charge in [-0.05, 0) is 58.5 Å². The smallest absolute Gasteiger partial charge is 0.254 e. The van der Waals surface area contributed by atoms with Gasteiger partial charge in [-0.15, -0.1) is 0 Å². The fourth-order valence-corrected chi connectivity index (χ4v) is 4.63. The molecule has 1 saturated carbocycles. The van der Waals surface area contributed by atoms with Crippen LogP contribution in [0.4, 0.5) is 0 Å². The van der Waals surface area contributed by atoms with Crippen molar-refractivity contribution in [3.8, 4) is 11.1 Å². The number of fused-ring (bicyclic) bond motifs is 4. The Hall–Kier alpha value is -3.93. The van der Waals surface area contributed by atoms with Crippen LogP contribution in [0, 0.1) is 0 Å². The zero-order valence-corrected chi connectivity index (χ0v) is 17.5. The highest BCUT2D eigenvalue weighted by molar-refractivity contribution is 6.06. The number of aromatic nitrogens is 2. The van der Waals surface area contributed by atoms with Crippen molar-refractivity contribution in [2.45, 2.75) is 25.4 Å². The van der Waals surface area contributed by atoms with E-state index >= 15 is 0 Å². The molecule has 2 amide bonds. The van der Waals surface area contributed by atoms with Gasteiger partial charge >= 0.3 is 0 Å². The Morgan fingerprint density at radius 1 is 1.06 bits per heavy atom. The molecular weight excluding hydrogens is 400 g/mol. The largest absolute Gasteiger partial charge is 0.366 e. The fourth-order valence-electron chi connectivity index (χ4n) is 4.63. The predicted molar refractivity (Wildman–Crippen MR) is 124 cm³/mol. The van der Waals surface area contributed by atoms with E-state index < -0.39 is 5.91 Å². The molecule has 0 saturated heterocycles. The molecule has 32 heavy (non-hydrogen) atoms. The standard InChI is InChI=1S/C26H22N4O2/c1-15(25(27)31)13-29-14-23-21(26(29)32)9-6-16-2-3-17(10-22(16)23)18-4-5-19-12-28-30(20-7-8-20)24(19)11-18/h2-6,9-12,20H,1,7-8,13-14H2,(H2,27,31). The van der Waals surface area contributed by atoms with Gasteiger partial charge in [0.25, 0.3) is 5.91 Å². The number of hydrogen-bond donors (Lipinski definition) is 1. The average molecular weight is 422 g/mol. The first-order chi connectivity index (χ1) is 15.5. The van der Waals surface area contributed by atoms with Crippen molar-refractivity contribution in [1.82, 2.24) is 14.7 Å². The summed E-state index contributed by atoms with van der Waals surface area (Å²) in [5.41, 5.74) is 10.6. The van der Waals surface area contributed by atoms with Gasteiger partial charge in [0.15, 0.2) is 0 Å². The summed E-state index contributed by atoms with van der Waals surface area (Å²) in [6.07, 6.45) is 4.32. The Bertz CT molecular complexity index is 1460. The summed E-state index contributed by atoms with van der Waals surface area (Å²) in [7, 11) is 0. The van der Waals surface area contributed by atoms with Gasteiger partial charge in [-0.3, -0.25) is 14.3 Å². The van der Waals surface area contributed by atoms with Crippen LogP contribution in [-0.2, 0) is 11.3 Å². The molecule has 2 N–H and O–H groups in total. The minimum Gasteiger partial charge on any atom is -0.366 e. The van der Waals surface area contributed by atoms with Crippen LogP contribution in [0.3, 0.4) is 0 Å². The van der Waals surface area contributed by atoms with Crippen LogP contribution in [0.25, 0.3) is 32.8 Å². The number of nitrogens with two attached hydrogens (primary N) is 1. The first-order valence-electron chi connectivity index (χ1n) is 10.8. The van der Waals surface area contributed by atoms with Crippen molar-refractivity contribution >= 4 is 33.5 Å². The highest BCUT2D eigenvalue weighted by Crippen LogP contribution is 2.38. The molecule has 3 aromatic carbocycles. The molecule has 0 spiro atoms. The molecule has 6 nitrogen and oxygen atoms in total. The third-order valence-corrected chi connectivity index (χ3v) is 6.55. The number of carbonyl (C=O) groups is 2.